The highest BCUT2D eigenvalue weighted by atomic mass is 35.5. The minimum absolute atomic E-state index is 0. The summed E-state index contributed by atoms with van der Waals surface area (Å²) in [7, 11) is 0. The van der Waals surface area contributed by atoms with Crippen LogP contribution in [0.3, 0.4) is 0 Å². The molecule has 1 aliphatic heterocycles. The quantitative estimate of drug-likeness (QED) is 0.897. The Kier molecular flexibility index (Phi) is 4.13. The van der Waals surface area contributed by atoms with Gasteiger partial charge in [0.1, 0.15) is 0 Å². The van der Waals surface area contributed by atoms with Crippen LogP contribution in [0.5, 0.6) is 0 Å². The van der Waals surface area contributed by atoms with Crippen molar-refractivity contribution in [3.05, 3.63) is 5.82 Å². The molecule has 0 amide bonds. The van der Waals surface area contributed by atoms with Crippen molar-refractivity contribution in [3.8, 4) is 0 Å². The molecule has 19 heavy (non-hydrogen) atoms. The second-order valence-corrected chi connectivity index (χ2v) is 6.37. The summed E-state index contributed by atoms with van der Waals surface area (Å²) in [5.74, 6) is 1.00. The van der Waals surface area contributed by atoms with E-state index in [-0.39, 0.29) is 17.8 Å². The number of piperidine rings is 1. The molecule has 6 nitrogen and oxygen atoms in total. The smallest absolute Gasteiger partial charge is 0.165 e. The molecule has 2 fully saturated rings. The SMILES string of the molecule is CC1(C)CN(Cc2nnnn2C2CC2)CCC1N.Cl. The van der Waals surface area contributed by atoms with Crippen LogP contribution >= 0.6 is 12.4 Å². The molecule has 1 saturated heterocycles. The molecular weight excluding hydrogens is 264 g/mol. The molecule has 3 rings (SSSR count). The Balaban J connectivity index is 0.00000133. The first-order valence-corrected chi connectivity index (χ1v) is 6.81. The first kappa shape index (κ1) is 14.7. The molecule has 0 aromatic carbocycles. The van der Waals surface area contributed by atoms with E-state index in [0.717, 1.165) is 31.9 Å². The van der Waals surface area contributed by atoms with Gasteiger partial charge in [0.25, 0.3) is 0 Å². The summed E-state index contributed by atoms with van der Waals surface area (Å²) in [5, 5.41) is 12.1. The lowest BCUT2D eigenvalue weighted by Gasteiger charge is -2.42. The monoisotopic (exact) mass is 286 g/mol. The molecule has 2 aliphatic rings. The third-order valence-corrected chi connectivity index (χ3v) is 4.21. The fourth-order valence-electron chi connectivity index (χ4n) is 2.74. The van der Waals surface area contributed by atoms with Crippen LogP contribution in [0.4, 0.5) is 0 Å². The maximum absolute atomic E-state index is 6.16. The Morgan fingerprint density at radius 3 is 2.68 bits per heavy atom. The molecule has 0 radical (unpaired) electrons. The van der Waals surface area contributed by atoms with Gasteiger partial charge in [0.15, 0.2) is 5.82 Å². The second-order valence-electron chi connectivity index (χ2n) is 6.37. The highest BCUT2D eigenvalue weighted by Crippen LogP contribution is 2.35. The predicted molar refractivity (Wildman–Crippen MR) is 75.0 cm³/mol. The van der Waals surface area contributed by atoms with Crippen molar-refractivity contribution < 1.29 is 0 Å². The zero-order valence-electron chi connectivity index (χ0n) is 11.6. The van der Waals surface area contributed by atoms with Gasteiger partial charge in [-0.15, -0.1) is 17.5 Å². The lowest BCUT2D eigenvalue weighted by molar-refractivity contribution is 0.0866. The van der Waals surface area contributed by atoms with Crippen LogP contribution in [0.2, 0.25) is 0 Å². The minimum Gasteiger partial charge on any atom is -0.327 e. The van der Waals surface area contributed by atoms with Gasteiger partial charge < -0.3 is 5.73 Å². The topological polar surface area (TPSA) is 72.9 Å². The highest BCUT2D eigenvalue weighted by molar-refractivity contribution is 5.85. The van der Waals surface area contributed by atoms with Crippen LogP contribution < -0.4 is 5.73 Å². The van der Waals surface area contributed by atoms with E-state index in [2.05, 4.69) is 34.3 Å². The molecule has 1 atom stereocenters. The summed E-state index contributed by atoms with van der Waals surface area (Å²) in [5.41, 5.74) is 6.34. The summed E-state index contributed by atoms with van der Waals surface area (Å²) in [6, 6.07) is 0.850. The van der Waals surface area contributed by atoms with E-state index in [4.69, 9.17) is 5.73 Å². The van der Waals surface area contributed by atoms with Crippen molar-refractivity contribution >= 4 is 12.4 Å². The summed E-state index contributed by atoms with van der Waals surface area (Å²) in [6.45, 7) is 7.40. The maximum atomic E-state index is 6.16. The first-order chi connectivity index (χ1) is 8.56. The van der Waals surface area contributed by atoms with Crippen LogP contribution in [0.15, 0.2) is 0 Å². The van der Waals surface area contributed by atoms with Gasteiger partial charge >= 0.3 is 0 Å². The van der Waals surface area contributed by atoms with E-state index < -0.39 is 0 Å². The van der Waals surface area contributed by atoms with Gasteiger partial charge in [0.2, 0.25) is 0 Å². The summed E-state index contributed by atoms with van der Waals surface area (Å²) in [6.07, 6.45) is 3.49. The van der Waals surface area contributed by atoms with Crippen molar-refractivity contribution in [2.75, 3.05) is 13.1 Å². The van der Waals surface area contributed by atoms with Gasteiger partial charge in [-0.05, 0) is 35.1 Å². The zero-order chi connectivity index (χ0) is 12.8. The second kappa shape index (κ2) is 5.34. The third-order valence-electron chi connectivity index (χ3n) is 4.21. The van der Waals surface area contributed by atoms with Gasteiger partial charge in [0.05, 0.1) is 12.6 Å². The molecule has 1 saturated carbocycles. The Bertz CT molecular complexity index is 428. The fourth-order valence-corrected chi connectivity index (χ4v) is 2.74. The number of likely N-dealkylation sites (tertiary alicyclic amines) is 1. The van der Waals surface area contributed by atoms with Crippen LogP contribution in [0.1, 0.15) is 45.0 Å². The maximum Gasteiger partial charge on any atom is 0.165 e. The average molecular weight is 287 g/mol. The van der Waals surface area contributed by atoms with Crippen LogP contribution in [-0.4, -0.2) is 44.2 Å². The molecule has 0 bridgehead atoms. The van der Waals surface area contributed by atoms with E-state index in [1.54, 1.807) is 0 Å². The van der Waals surface area contributed by atoms with E-state index in [0.29, 0.717) is 12.1 Å². The number of tetrazole rings is 1. The van der Waals surface area contributed by atoms with E-state index in [9.17, 15) is 0 Å². The van der Waals surface area contributed by atoms with Gasteiger partial charge in [-0.1, -0.05) is 13.8 Å². The van der Waals surface area contributed by atoms with Gasteiger partial charge in [0, 0.05) is 19.1 Å². The molecule has 2 heterocycles. The molecule has 108 valence electrons. The molecule has 1 aromatic rings. The summed E-state index contributed by atoms with van der Waals surface area (Å²) >= 11 is 0. The predicted octanol–water partition coefficient (Wildman–Crippen LogP) is 0.989. The lowest BCUT2D eigenvalue weighted by atomic mass is 9.80. The Hall–Kier alpha value is -0.720. The number of nitrogens with two attached hydrogens (primary N) is 1. The average Bonchev–Trinajstić information content (AvgIpc) is 3.05. The lowest BCUT2D eigenvalue weighted by Crippen LogP contribution is -2.52. The molecule has 2 N–H and O–H groups in total. The van der Waals surface area contributed by atoms with Gasteiger partial charge in [-0.3, -0.25) is 4.90 Å². The van der Waals surface area contributed by atoms with Gasteiger partial charge in [-0.25, -0.2) is 4.68 Å². The normalized spacial score (nSPS) is 27.0. The molecule has 7 heteroatoms. The van der Waals surface area contributed by atoms with Crippen molar-refractivity contribution in [1.29, 1.82) is 0 Å². The molecule has 0 spiro atoms. The van der Waals surface area contributed by atoms with Crippen molar-refractivity contribution in [2.24, 2.45) is 11.1 Å². The number of rotatable bonds is 3. The largest absolute Gasteiger partial charge is 0.327 e. The summed E-state index contributed by atoms with van der Waals surface area (Å²) < 4.78 is 2.00. The number of nitrogens with zero attached hydrogens (tertiary/aromatic N) is 5. The van der Waals surface area contributed by atoms with E-state index in [1.165, 1.54) is 12.8 Å². The van der Waals surface area contributed by atoms with Crippen LogP contribution in [0.25, 0.3) is 0 Å². The number of halogens is 1. The molecule has 1 aromatic heterocycles. The van der Waals surface area contributed by atoms with E-state index >= 15 is 0 Å². The number of hydrogen-bond acceptors (Lipinski definition) is 5. The fraction of sp³-hybridized carbons (Fsp3) is 0.917. The van der Waals surface area contributed by atoms with Crippen molar-refractivity contribution in [3.63, 3.8) is 0 Å². The van der Waals surface area contributed by atoms with Crippen LogP contribution in [0, 0.1) is 5.41 Å². The molecule has 1 unspecified atom stereocenters. The zero-order valence-corrected chi connectivity index (χ0v) is 12.4. The van der Waals surface area contributed by atoms with Crippen LogP contribution in [-0.2, 0) is 6.54 Å². The third kappa shape index (κ3) is 3.07. The summed E-state index contributed by atoms with van der Waals surface area (Å²) in [4.78, 5) is 2.42. The van der Waals surface area contributed by atoms with Crippen molar-refractivity contribution in [1.82, 2.24) is 25.1 Å². The molecule has 1 aliphatic carbocycles. The Labute approximate surface area is 120 Å². The van der Waals surface area contributed by atoms with Crippen molar-refractivity contribution in [2.45, 2.75) is 51.7 Å². The molecular formula is C12H23ClN6. The standard InChI is InChI=1S/C12H22N6.ClH/c1-12(2)8-17(6-5-10(12)13)7-11-14-15-16-18(11)9-3-4-9;/h9-10H,3-8,13H2,1-2H3;1H. The number of hydrogen-bond donors (Lipinski definition) is 1. The first-order valence-electron chi connectivity index (χ1n) is 6.81. The Morgan fingerprint density at radius 1 is 1.32 bits per heavy atom. The van der Waals surface area contributed by atoms with Gasteiger partial charge in [-0.2, -0.15) is 0 Å². The number of aromatic nitrogens is 4. The Morgan fingerprint density at radius 2 is 2.05 bits per heavy atom. The van der Waals surface area contributed by atoms with E-state index in [1.807, 2.05) is 4.68 Å². The minimum atomic E-state index is 0. The highest BCUT2D eigenvalue weighted by Gasteiger charge is 2.34.